The standard InChI is InChI=1S/C12H7F5N3O2/c1-6-2-3-7(20(21)22)4-8(6)9-5-18-19-10(9)11(13,14)12(15,16)17/h2-5H,1H3. The van der Waals surface area contributed by atoms with Gasteiger partial charge in [0.05, 0.1) is 11.1 Å². The molecule has 22 heavy (non-hydrogen) atoms. The second-order valence-electron chi connectivity index (χ2n) is 4.44. The van der Waals surface area contributed by atoms with Crippen LogP contribution in [0.5, 0.6) is 0 Å². The van der Waals surface area contributed by atoms with Crippen molar-refractivity contribution in [1.82, 2.24) is 5.43 Å². The van der Waals surface area contributed by atoms with Gasteiger partial charge in [-0.15, -0.1) is 5.10 Å². The third kappa shape index (κ3) is 2.51. The first-order chi connectivity index (χ1) is 10.1. The zero-order chi connectivity index (χ0) is 16.7. The molecule has 1 aromatic carbocycles. The number of halogens is 5. The van der Waals surface area contributed by atoms with E-state index in [2.05, 4.69) is 10.5 Å². The molecule has 0 unspecified atom stereocenters. The van der Waals surface area contributed by atoms with Gasteiger partial charge in [-0.25, -0.2) is 0 Å². The Morgan fingerprint density at radius 1 is 1.18 bits per heavy atom. The highest BCUT2D eigenvalue weighted by Gasteiger charge is 2.63. The van der Waals surface area contributed by atoms with Gasteiger partial charge in [-0.05, 0) is 18.1 Å². The van der Waals surface area contributed by atoms with Crippen molar-refractivity contribution < 1.29 is 26.9 Å². The maximum atomic E-state index is 13.5. The third-order valence-electron chi connectivity index (χ3n) is 2.98. The summed E-state index contributed by atoms with van der Waals surface area (Å²) < 4.78 is 64.4. The van der Waals surface area contributed by atoms with Crippen molar-refractivity contribution in [2.24, 2.45) is 5.10 Å². The van der Waals surface area contributed by atoms with Gasteiger partial charge in [0.1, 0.15) is 0 Å². The summed E-state index contributed by atoms with van der Waals surface area (Å²) in [5, 5.41) is 13.6. The van der Waals surface area contributed by atoms with Crippen LogP contribution >= 0.6 is 0 Å². The Hall–Kier alpha value is -2.52. The van der Waals surface area contributed by atoms with Crippen molar-refractivity contribution in [1.29, 1.82) is 0 Å². The number of aryl methyl sites for hydroxylation is 1. The SMILES string of the molecule is Cc1ccc([N+](=O)[O-])cc1C1=C[N]N=C1C(F)(F)C(F)(F)F. The third-order valence-corrected chi connectivity index (χ3v) is 2.98. The van der Waals surface area contributed by atoms with Crippen LogP contribution in [0.3, 0.4) is 0 Å². The lowest BCUT2D eigenvalue weighted by atomic mass is 9.94. The average Bonchev–Trinajstić information content (AvgIpc) is 2.87. The Morgan fingerprint density at radius 3 is 2.36 bits per heavy atom. The second-order valence-corrected chi connectivity index (χ2v) is 4.44. The number of hydrogen-bond acceptors (Lipinski definition) is 3. The van der Waals surface area contributed by atoms with E-state index in [1.165, 1.54) is 13.0 Å². The first-order valence-electron chi connectivity index (χ1n) is 5.74. The maximum absolute atomic E-state index is 13.5. The van der Waals surface area contributed by atoms with Crippen LogP contribution in [0.25, 0.3) is 5.57 Å². The molecular weight excluding hydrogens is 313 g/mol. The van der Waals surface area contributed by atoms with Gasteiger partial charge in [0.15, 0.2) is 5.71 Å². The quantitative estimate of drug-likeness (QED) is 0.486. The fraction of sp³-hybridized carbons (Fsp3) is 0.250. The lowest BCUT2D eigenvalue weighted by Crippen LogP contribution is -2.44. The molecule has 0 fully saturated rings. The normalized spacial score (nSPS) is 15.2. The highest BCUT2D eigenvalue weighted by molar-refractivity contribution is 6.28. The molecule has 2 rings (SSSR count). The fourth-order valence-electron chi connectivity index (χ4n) is 1.84. The molecule has 0 atom stereocenters. The van der Waals surface area contributed by atoms with Crippen molar-refractivity contribution in [3.8, 4) is 0 Å². The fourth-order valence-corrected chi connectivity index (χ4v) is 1.84. The molecule has 0 amide bonds. The number of nitrogens with zero attached hydrogens (tertiary/aromatic N) is 3. The molecule has 1 aliphatic heterocycles. The van der Waals surface area contributed by atoms with Gasteiger partial charge in [0.2, 0.25) is 0 Å². The molecule has 1 aliphatic rings. The number of allylic oxidation sites excluding steroid dienone is 1. The number of nitro groups is 1. The zero-order valence-corrected chi connectivity index (χ0v) is 10.9. The second kappa shape index (κ2) is 5.04. The highest BCUT2D eigenvalue weighted by atomic mass is 19.4. The predicted octanol–water partition coefficient (Wildman–Crippen LogP) is 3.42. The van der Waals surface area contributed by atoms with Gasteiger partial charge >= 0.3 is 12.1 Å². The number of non-ortho nitro benzene ring substituents is 1. The van der Waals surface area contributed by atoms with Crippen molar-refractivity contribution >= 4 is 17.0 Å². The van der Waals surface area contributed by atoms with E-state index in [1.54, 1.807) is 0 Å². The number of rotatable bonds is 3. The largest absolute Gasteiger partial charge is 0.459 e. The van der Waals surface area contributed by atoms with E-state index in [0.717, 1.165) is 18.3 Å². The molecule has 5 nitrogen and oxygen atoms in total. The van der Waals surface area contributed by atoms with E-state index in [0.29, 0.717) is 0 Å². The van der Waals surface area contributed by atoms with E-state index in [-0.39, 0.29) is 11.1 Å². The van der Waals surface area contributed by atoms with Crippen LogP contribution in [0.15, 0.2) is 29.5 Å². The van der Waals surface area contributed by atoms with E-state index in [9.17, 15) is 32.1 Å². The number of alkyl halides is 5. The van der Waals surface area contributed by atoms with Crippen molar-refractivity contribution in [2.75, 3.05) is 0 Å². The summed E-state index contributed by atoms with van der Waals surface area (Å²) in [5.74, 6) is -5.21. The molecular formula is C12H7F5N3O2. The number of nitro benzene ring substituents is 1. The number of hydrogen-bond donors (Lipinski definition) is 0. The van der Waals surface area contributed by atoms with E-state index >= 15 is 0 Å². The monoisotopic (exact) mass is 320 g/mol. The Labute approximate surface area is 120 Å². The summed E-state index contributed by atoms with van der Waals surface area (Å²) in [4.78, 5) is 9.94. The van der Waals surface area contributed by atoms with Gasteiger partial charge in [0, 0.05) is 17.7 Å². The maximum Gasteiger partial charge on any atom is 0.459 e. The molecule has 117 valence electrons. The Bertz CT molecular complexity index is 694. The first-order valence-corrected chi connectivity index (χ1v) is 5.74. The molecule has 10 heteroatoms. The van der Waals surface area contributed by atoms with Crippen LogP contribution < -0.4 is 5.43 Å². The highest BCUT2D eigenvalue weighted by Crippen LogP contribution is 2.42. The predicted molar refractivity (Wildman–Crippen MR) is 66.4 cm³/mol. The van der Waals surface area contributed by atoms with Crippen molar-refractivity contribution in [2.45, 2.75) is 19.0 Å². The van der Waals surface area contributed by atoms with Gasteiger partial charge in [-0.3, -0.25) is 10.1 Å². The minimum Gasteiger partial charge on any atom is -0.258 e. The Balaban J connectivity index is 2.53. The van der Waals surface area contributed by atoms with Gasteiger partial charge in [-0.1, -0.05) is 6.07 Å². The molecule has 1 heterocycles. The Morgan fingerprint density at radius 2 is 1.82 bits per heavy atom. The summed E-state index contributed by atoms with van der Waals surface area (Å²) in [6.07, 6.45) is -5.12. The van der Waals surface area contributed by atoms with Crippen LogP contribution in [0.1, 0.15) is 11.1 Å². The molecule has 0 aliphatic carbocycles. The summed E-state index contributed by atoms with van der Waals surface area (Å²) in [6, 6.07) is 3.27. The summed E-state index contributed by atoms with van der Waals surface area (Å²) in [6.45, 7) is 1.42. The molecule has 0 bridgehead atoms. The molecule has 1 aromatic rings. The van der Waals surface area contributed by atoms with Gasteiger partial charge < -0.3 is 0 Å². The Kier molecular flexibility index (Phi) is 3.63. The lowest BCUT2D eigenvalue weighted by Gasteiger charge is -2.21. The molecule has 1 radical (unpaired) electrons. The van der Waals surface area contributed by atoms with Crippen LogP contribution in [0, 0.1) is 17.0 Å². The molecule has 0 saturated heterocycles. The first kappa shape index (κ1) is 15.9. The number of benzene rings is 1. The zero-order valence-electron chi connectivity index (χ0n) is 10.9. The lowest BCUT2D eigenvalue weighted by molar-refractivity contribution is -0.384. The van der Waals surface area contributed by atoms with Crippen molar-refractivity contribution in [3.05, 3.63) is 45.6 Å². The van der Waals surface area contributed by atoms with Crippen molar-refractivity contribution in [3.63, 3.8) is 0 Å². The molecule has 0 N–H and O–H groups in total. The van der Waals surface area contributed by atoms with Gasteiger partial charge in [-0.2, -0.15) is 27.4 Å². The summed E-state index contributed by atoms with van der Waals surface area (Å²) in [7, 11) is 0. The minimum absolute atomic E-state index is 0.155. The summed E-state index contributed by atoms with van der Waals surface area (Å²) in [5.41, 5.74) is 0.601. The average molecular weight is 320 g/mol. The minimum atomic E-state index is -5.85. The summed E-state index contributed by atoms with van der Waals surface area (Å²) >= 11 is 0. The van der Waals surface area contributed by atoms with Crippen LogP contribution in [-0.4, -0.2) is 22.7 Å². The van der Waals surface area contributed by atoms with E-state index in [1.807, 2.05) is 0 Å². The van der Waals surface area contributed by atoms with Gasteiger partial charge in [0.25, 0.3) is 5.69 Å². The smallest absolute Gasteiger partial charge is 0.258 e. The van der Waals surface area contributed by atoms with Crippen LogP contribution in [0.4, 0.5) is 27.6 Å². The van der Waals surface area contributed by atoms with E-state index < -0.39 is 34.0 Å². The topological polar surface area (TPSA) is 69.6 Å². The molecule has 0 aromatic heterocycles. The van der Waals surface area contributed by atoms with Crippen LogP contribution in [-0.2, 0) is 0 Å². The van der Waals surface area contributed by atoms with Crippen LogP contribution in [0.2, 0.25) is 0 Å². The molecule has 0 saturated carbocycles. The molecule has 0 spiro atoms. The van der Waals surface area contributed by atoms with E-state index in [4.69, 9.17) is 0 Å².